The van der Waals surface area contributed by atoms with Crippen LogP contribution >= 0.6 is 11.6 Å². The normalized spacial score (nSPS) is 24.5. The molecule has 1 aliphatic rings. The largest absolute Gasteiger partial charge is 0.398 e. The van der Waals surface area contributed by atoms with Crippen molar-refractivity contribution < 1.29 is 4.74 Å². The molecule has 2 N–H and O–H groups in total. The van der Waals surface area contributed by atoms with E-state index in [0.29, 0.717) is 6.04 Å². The minimum Gasteiger partial charge on any atom is -0.398 e. The minimum atomic E-state index is 0.281. The molecule has 2 rings (SSSR count). The molecule has 1 aromatic carbocycles. The Hall–Kier alpha value is -0.770. The van der Waals surface area contributed by atoms with Crippen LogP contribution in [0.1, 0.15) is 18.9 Å². The molecule has 2 atom stereocenters. The second-order valence-corrected chi connectivity index (χ2v) is 5.06. The lowest BCUT2D eigenvalue weighted by atomic mass is 10.1. The van der Waals surface area contributed by atoms with Crippen LogP contribution in [0.2, 0.25) is 5.02 Å². The summed E-state index contributed by atoms with van der Waals surface area (Å²) in [5.74, 6) is 0. The number of nitrogens with two attached hydrogens (primary N) is 1. The number of nitrogens with zero attached hydrogens (tertiary/aromatic N) is 1. The van der Waals surface area contributed by atoms with Crippen molar-refractivity contribution in [1.29, 1.82) is 0 Å². The summed E-state index contributed by atoms with van der Waals surface area (Å²) in [5.41, 5.74) is 7.73. The van der Waals surface area contributed by atoms with E-state index in [-0.39, 0.29) is 6.10 Å². The van der Waals surface area contributed by atoms with Crippen LogP contribution in [0.4, 0.5) is 5.69 Å². The third-order valence-corrected chi connectivity index (χ3v) is 3.82. The molecule has 0 radical (unpaired) electrons. The molecule has 1 fully saturated rings. The Balaban J connectivity index is 2.10. The molecule has 0 aromatic heterocycles. The van der Waals surface area contributed by atoms with Gasteiger partial charge in [0.15, 0.2) is 0 Å². The molecule has 17 heavy (non-hydrogen) atoms. The zero-order valence-corrected chi connectivity index (χ0v) is 11.1. The third kappa shape index (κ3) is 2.73. The van der Waals surface area contributed by atoms with E-state index in [1.165, 1.54) is 0 Å². The van der Waals surface area contributed by atoms with Crippen LogP contribution in [0.3, 0.4) is 0 Å². The number of hydrogen-bond donors (Lipinski definition) is 1. The number of ether oxygens (including phenoxy) is 1. The Labute approximate surface area is 107 Å². The molecule has 3 nitrogen and oxygen atoms in total. The second kappa shape index (κ2) is 5.25. The smallest absolute Gasteiger partial charge is 0.0703 e. The number of nitrogen functional groups attached to an aromatic ring is 1. The molecule has 94 valence electrons. The highest BCUT2D eigenvalue weighted by Crippen LogP contribution is 2.26. The number of halogens is 1. The molecule has 0 saturated carbocycles. The standard InChI is InChI=1S/C13H19ClN2O/c1-9-13(6-7-17-9)16(2)8-10-11(14)4-3-5-12(10)15/h3-5,9,13H,6-8,15H2,1-2H3. The van der Waals surface area contributed by atoms with Crippen molar-refractivity contribution in [2.75, 3.05) is 19.4 Å². The lowest BCUT2D eigenvalue weighted by Crippen LogP contribution is -2.36. The molecule has 0 spiro atoms. The summed E-state index contributed by atoms with van der Waals surface area (Å²) in [6.45, 7) is 3.72. The summed E-state index contributed by atoms with van der Waals surface area (Å²) in [6, 6.07) is 6.10. The quantitative estimate of drug-likeness (QED) is 0.843. The lowest BCUT2D eigenvalue weighted by Gasteiger charge is -2.27. The van der Waals surface area contributed by atoms with Crippen LogP contribution in [0.5, 0.6) is 0 Å². The maximum Gasteiger partial charge on any atom is 0.0703 e. The first-order chi connectivity index (χ1) is 8.09. The van der Waals surface area contributed by atoms with Crippen LogP contribution in [-0.4, -0.2) is 30.7 Å². The lowest BCUT2D eigenvalue weighted by molar-refractivity contribution is 0.0815. The Morgan fingerprint density at radius 1 is 1.53 bits per heavy atom. The summed E-state index contributed by atoms with van der Waals surface area (Å²) in [4.78, 5) is 2.27. The van der Waals surface area contributed by atoms with Crippen molar-refractivity contribution in [3.63, 3.8) is 0 Å². The van der Waals surface area contributed by atoms with Gasteiger partial charge in [0.1, 0.15) is 0 Å². The Morgan fingerprint density at radius 2 is 2.29 bits per heavy atom. The Morgan fingerprint density at radius 3 is 2.88 bits per heavy atom. The van der Waals surface area contributed by atoms with Gasteiger partial charge < -0.3 is 10.5 Å². The summed E-state index contributed by atoms with van der Waals surface area (Å²) in [6.07, 6.45) is 1.35. The highest BCUT2D eigenvalue weighted by atomic mass is 35.5. The van der Waals surface area contributed by atoms with Crippen LogP contribution in [0.25, 0.3) is 0 Å². The molecule has 1 aliphatic heterocycles. The van der Waals surface area contributed by atoms with E-state index in [1.54, 1.807) is 0 Å². The maximum absolute atomic E-state index is 6.18. The molecular formula is C13H19ClN2O. The van der Waals surface area contributed by atoms with E-state index in [1.807, 2.05) is 18.2 Å². The topological polar surface area (TPSA) is 38.5 Å². The minimum absolute atomic E-state index is 0.281. The first-order valence-corrected chi connectivity index (χ1v) is 6.32. The molecule has 0 bridgehead atoms. The van der Waals surface area contributed by atoms with Gasteiger partial charge in [-0.2, -0.15) is 0 Å². The van der Waals surface area contributed by atoms with Crippen LogP contribution < -0.4 is 5.73 Å². The van der Waals surface area contributed by atoms with Gasteiger partial charge in [-0.05, 0) is 32.5 Å². The van der Waals surface area contributed by atoms with Gasteiger partial charge >= 0.3 is 0 Å². The van der Waals surface area contributed by atoms with Crippen molar-refractivity contribution in [2.45, 2.75) is 32.0 Å². The van der Waals surface area contributed by atoms with Gasteiger partial charge in [0.2, 0.25) is 0 Å². The molecule has 1 aromatic rings. The average Bonchev–Trinajstić information content (AvgIpc) is 2.70. The number of rotatable bonds is 3. The van der Waals surface area contributed by atoms with Crippen LogP contribution in [-0.2, 0) is 11.3 Å². The van der Waals surface area contributed by atoms with E-state index in [4.69, 9.17) is 22.1 Å². The van der Waals surface area contributed by atoms with Gasteiger partial charge in [0.25, 0.3) is 0 Å². The molecule has 1 heterocycles. The fourth-order valence-electron chi connectivity index (χ4n) is 2.41. The van der Waals surface area contributed by atoms with Crippen molar-refractivity contribution in [3.8, 4) is 0 Å². The monoisotopic (exact) mass is 254 g/mol. The predicted octanol–water partition coefficient (Wildman–Crippen LogP) is 2.53. The Kier molecular flexibility index (Phi) is 3.92. The zero-order valence-electron chi connectivity index (χ0n) is 10.3. The summed E-state index contributed by atoms with van der Waals surface area (Å²) in [5, 5.41) is 0.739. The summed E-state index contributed by atoms with van der Waals surface area (Å²) < 4.78 is 5.58. The molecule has 0 amide bonds. The number of anilines is 1. The SMILES string of the molecule is CC1OCCC1N(C)Cc1c(N)cccc1Cl. The highest BCUT2D eigenvalue weighted by molar-refractivity contribution is 6.31. The summed E-state index contributed by atoms with van der Waals surface area (Å²) >= 11 is 6.18. The number of benzene rings is 1. The molecule has 4 heteroatoms. The zero-order chi connectivity index (χ0) is 12.4. The van der Waals surface area contributed by atoms with E-state index in [2.05, 4.69) is 18.9 Å². The third-order valence-electron chi connectivity index (χ3n) is 3.46. The number of hydrogen-bond acceptors (Lipinski definition) is 3. The number of likely N-dealkylation sites (N-methyl/N-ethyl adjacent to an activating group) is 1. The molecule has 1 saturated heterocycles. The van der Waals surface area contributed by atoms with Gasteiger partial charge in [-0.3, -0.25) is 4.90 Å². The van der Waals surface area contributed by atoms with E-state index in [0.717, 1.165) is 35.8 Å². The Bertz CT molecular complexity index is 377. The molecule has 0 aliphatic carbocycles. The second-order valence-electron chi connectivity index (χ2n) is 4.65. The van der Waals surface area contributed by atoms with Gasteiger partial charge in [-0.15, -0.1) is 0 Å². The van der Waals surface area contributed by atoms with Crippen molar-refractivity contribution >= 4 is 17.3 Å². The maximum atomic E-state index is 6.18. The molecule has 2 unspecified atom stereocenters. The van der Waals surface area contributed by atoms with E-state index < -0.39 is 0 Å². The fraction of sp³-hybridized carbons (Fsp3) is 0.538. The summed E-state index contributed by atoms with van der Waals surface area (Å²) in [7, 11) is 2.10. The first-order valence-electron chi connectivity index (χ1n) is 5.94. The van der Waals surface area contributed by atoms with E-state index in [9.17, 15) is 0 Å². The van der Waals surface area contributed by atoms with Crippen LogP contribution in [0, 0.1) is 0 Å². The van der Waals surface area contributed by atoms with Crippen molar-refractivity contribution in [3.05, 3.63) is 28.8 Å². The fourth-order valence-corrected chi connectivity index (χ4v) is 2.65. The van der Waals surface area contributed by atoms with Gasteiger partial charge in [0, 0.05) is 35.5 Å². The van der Waals surface area contributed by atoms with Crippen LogP contribution in [0.15, 0.2) is 18.2 Å². The van der Waals surface area contributed by atoms with Gasteiger partial charge in [0.05, 0.1) is 6.10 Å². The molecular weight excluding hydrogens is 236 g/mol. The van der Waals surface area contributed by atoms with E-state index >= 15 is 0 Å². The van der Waals surface area contributed by atoms with Gasteiger partial charge in [-0.1, -0.05) is 17.7 Å². The van der Waals surface area contributed by atoms with Gasteiger partial charge in [-0.25, -0.2) is 0 Å². The predicted molar refractivity (Wildman–Crippen MR) is 71.2 cm³/mol. The highest BCUT2D eigenvalue weighted by Gasteiger charge is 2.28. The van der Waals surface area contributed by atoms with Crippen molar-refractivity contribution in [1.82, 2.24) is 4.90 Å². The first kappa shape index (κ1) is 12.7. The van der Waals surface area contributed by atoms with Crippen molar-refractivity contribution in [2.24, 2.45) is 0 Å². The average molecular weight is 255 g/mol.